The lowest BCUT2D eigenvalue weighted by Gasteiger charge is -2.25. The molecule has 7 heteroatoms. The van der Waals surface area contributed by atoms with E-state index in [1.54, 1.807) is 23.1 Å². The summed E-state index contributed by atoms with van der Waals surface area (Å²) in [6, 6.07) is 12.0. The number of nitrogens with zero attached hydrogens (tertiary/aromatic N) is 1. The molecule has 0 unspecified atom stereocenters. The van der Waals surface area contributed by atoms with Gasteiger partial charge in [-0.15, -0.1) is 0 Å². The standard InChI is InChI=1S/C21H25N3O4/c1-14-8-4-5-9-15(14)22-21(26)24-13-7-10-16(24)20(25)23-19-17(27-2)11-6-12-18(19)28-3/h4-6,8-9,11-12,16H,7,10,13H2,1-3H3,(H,22,26)(H,23,25)/t16-/m1/s1. The summed E-state index contributed by atoms with van der Waals surface area (Å²) in [5, 5.41) is 5.78. The fourth-order valence-electron chi connectivity index (χ4n) is 3.36. The molecule has 1 aliphatic heterocycles. The lowest BCUT2D eigenvalue weighted by Crippen LogP contribution is -2.45. The summed E-state index contributed by atoms with van der Waals surface area (Å²) in [4.78, 5) is 27.3. The topological polar surface area (TPSA) is 79.9 Å². The van der Waals surface area contributed by atoms with Gasteiger partial charge in [-0.25, -0.2) is 4.79 Å². The molecular weight excluding hydrogens is 358 g/mol. The molecule has 1 fully saturated rings. The van der Waals surface area contributed by atoms with Crippen molar-refractivity contribution in [2.75, 3.05) is 31.4 Å². The number of methoxy groups -OCH3 is 2. The van der Waals surface area contributed by atoms with Crippen LogP contribution in [0.15, 0.2) is 42.5 Å². The van der Waals surface area contributed by atoms with Crippen LogP contribution in [0.3, 0.4) is 0 Å². The Balaban J connectivity index is 1.75. The van der Waals surface area contributed by atoms with Gasteiger partial charge >= 0.3 is 6.03 Å². The zero-order valence-electron chi connectivity index (χ0n) is 16.3. The van der Waals surface area contributed by atoms with Crippen LogP contribution in [0.25, 0.3) is 0 Å². The molecule has 1 atom stereocenters. The smallest absolute Gasteiger partial charge is 0.322 e. The molecule has 2 aromatic carbocycles. The number of amides is 3. The molecule has 0 aliphatic carbocycles. The Morgan fingerprint density at radius 1 is 1.00 bits per heavy atom. The number of urea groups is 1. The van der Waals surface area contributed by atoms with Crippen LogP contribution in [-0.4, -0.2) is 43.6 Å². The number of carbonyl (C=O) groups is 2. The molecule has 7 nitrogen and oxygen atoms in total. The van der Waals surface area contributed by atoms with E-state index in [1.807, 2.05) is 31.2 Å². The van der Waals surface area contributed by atoms with Gasteiger partial charge in [-0.05, 0) is 43.5 Å². The van der Waals surface area contributed by atoms with Gasteiger partial charge in [0, 0.05) is 12.2 Å². The molecule has 1 heterocycles. The molecule has 0 radical (unpaired) electrons. The molecule has 2 N–H and O–H groups in total. The molecule has 3 amide bonds. The van der Waals surface area contributed by atoms with E-state index in [1.165, 1.54) is 14.2 Å². The summed E-state index contributed by atoms with van der Waals surface area (Å²) in [6.07, 6.45) is 1.37. The quantitative estimate of drug-likeness (QED) is 0.826. The van der Waals surface area contributed by atoms with Crippen molar-refractivity contribution in [3.63, 3.8) is 0 Å². The van der Waals surface area contributed by atoms with Crippen LogP contribution in [0.4, 0.5) is 16.2 Å². The van der Waals surface area contributed by atoms with E-state index in [2.05, 4.69) is 10.6 Å². The third kappa shape index (κ3) is 4.03. The van der Waals surface area contributed by atoms with E-state index >= 15 is 0 Å². The number of rotatable bonds is 5. The first kappa shape index (κ1) is 19.5. The molecule has 1 saturated heterocycles. The molecule has 148 valence electrons. The number of ether oxygens (including phenoxy) is 2. The van der Waals surface area contributed by atoms with Gasteiger partial charge in [0.2, 0.25) is 5.91 Å². The second-order valence-corrected chi connectivity index (χ2v) is 6.62. The van der Waals surface area contributed by atoms with Gasteiger partial charge < -0.3 is 25.0 Å². The highest BCUT2D eigenvalue weighted by molar-refractivity contribution is 6.01. The maximum atomic E-state index is 12.9. The summed E-state index contributed by atoms with van der Waals surface area (Å²) < 4.78 is 10.7. The van der Waals surface area contributed by atoms with Gasteiger partial charge in [-0.3, -0.25) is 4.79 Å². The van der Waals surface area contributed by atoms with Crippen molar-refractivity contribution in [3.8, 4) is 11.5 Å². The highest BCUT2D eigenvalue weighted by atomic mass is 16.5. The van der Waals surface area contributed by atoms with Crippen molar-refractivity contribution in [2.24, 2.45) is 0 Å². The van der Waals surface area contributed by atoms with E-state index in [0.717, 1.165) is 17.7 Å². The summed E-state index contributed by atoms with van der Waals surface area (Å²) in [5.74, 6) is 0.739. The van der Waals surface area contributed by atoms with Crippen LogP contribution in [0.1, 0.15) is 18.4 Å². The van der Waals surface area contributed by atoms with Gasteiger partial charge in [0.1, 0.15) is 23.2 Å². The minimum Gasteiger partial charge on any atom is -0.494 e. The Labute approximate surface area is 164 Å². The van der Waals surface area contributed by atoms with Gasteiger partial charge in [0.05, 0.1) is 14.2 Å². The van der Waals surface area contributed by atoms with Crippen LogP contribution in [0, 0.1) is 6.92 Å². The van der Waals surface area contributed by atoms with E-state index in [4.69, 9.17) is 9.47 Å². The molecule has 0 bridgehead atoms. The molecule has 0 spiro atoms. The van der Waals surface area contributed by atoms with Crippen molar-refractivity contribution in [1.82, 2.24) is 4.90 Å². The number of hydrogen-bond acceptors (Lipinski definition) is 4. The summed E-state index contributed by atoms with van der Waals surface area (Å²) >= 11 is 0. The Hall–Kier alpha value is -3.22. The predicted molar refractivity (Wildman–Crippen MR) is 108 cm³/mol. The number of hydrogen-bond donors (Lipinski definition) is 2. The van der Waals surface area contributed by atoms with Gasteiger partial charge in [-0.1, -0.05) is 24.3 Å². The van der Waals surface area contributed by atoms with E-state index in [9.17, 15) is 9.59 Å². The first-order valence-corrected chi connectivity index (χ1v) is 9.20. The maximum Gasteiger partial charge on any atom is 0.322 e. The molecular formula is C21H25N3O4. The first-order valence-electron chi connectivity index (χ1n) is 9.20. The van der Waals surface area contributed by atoms with Gasteiger partial charge in [0.15, 0.2) is 0 Å². The lowest BCUT2D eigenvalue weighted by atomic mass is 10.2. The van der Waals surface area contributed by atoms with E-state index in [-0.39, 0.29) is 11.9 Å². The monoisotopic (exact) mass is 383 g/mol. The van der Waals surface area contributed by atoms with Crippen molar-refractivity contribution in [3.05, 3.63) is 48.0 Å². The second-order valence-electron chi connectivity index (χ2n) is 6.62. The van der Waals surface area contributed by atoms with Crippen LogP contribution in [0.5, 0.6) is 11.5 Å². The summed E-state index contributed by atoms with van der Waals surface area (Å²) in [7, 11) is 3.06. The maximum absolute atomic E-state index is 12.9. The van der Waals surface area contributed by atoms with Crippen molar-refractivity contribution < 1.29 is 19.1 Å². The van der Waals surface area contributed by atoms with Crippen LogP contribution >= 0.6 is 0 Å². The van der Waals surface area contributed by atoms with Gasteiger partial charge in [-0.2, -0.15) is 0 Å². The third-order valence-corrected chi connectivity index (χ3v) is 4.88. The van der Waals surface area contributed by atoms with Crippen LogP contribution in [0.2, 0.25) is 0 Å². The van der Waals surface area contributed by atoms with E-state index in [0.29, 0.717) is 30.2 Å². The Bertz CT molecular complexity index is 846. The SMILES string of the molecule is COc1cccc(OC)c1NC(=O)[C@H]1CCCN1C(=O)Nc1ccccc1C. The number of carbonyl (C=O) groups excluding carboxylic acids is 2. The summed E-state index contributed by atoms with van der Waals surface area (Å²) in [6.45, 7) is 2.45. The molecule has 0 aromatic heterocycles. The normalized spacial score (nSPS) is 15.8. The number of anilines is 2. The molecule has 3 rings (SSSR count). The number of para-hydroxylation sites is 2. The zero-order valence-corrected chi connectivity index (χ0v) is 16.3. The van der Waals surface area contributed by atoms with Crippen molar-refractivity contribution in [2.45, 2.75) is 25.8 Å². The highest BCUT2D eigenvalue weighted by Gasteiger charge is 2.35. The van der Waals surface area contributed by atoms with Crippen LogP contribution < -0.4 is 20.1 Å². The number of likely N-dealkylation sites (tertiary alicyclic amines) is 1. The van der Waals surface area contributed by atoms with Crippen molar-refractivity contribution >= 4 is 23.3 Å². The number of nitrogens with one attached hydrogen (secondary N) is 2. The predicted octanol–water partition coefficient (Wildman–Crippen LogP) is 3.65. The fraction of sp³-hybridized carbons (Fsp3) is 0.333. The van der Waals surface area contributed by atoms with Crippen LogP contribution in [-0.2, 0) is 4.79 Å². The largest absolute Gasteiger partial charge is 0.494 e. The first-order chi connectivity index (χ1) is 13.5. The van der Waals surface area contributed by atoms with Gasteiger partial charge in [0.25, 0.3) is 0 Å². The number of aryl methyl sites for hydroxylation is 1. The fourth-order valence-corrected chi connectivity index (χ4v) is 3.36. The Kier molecular flexibility index (Phi) is 6.03. The summed E-state index contributed by atoms with van der Waals surface area (Å²) in [5.41, 5.74) is 2.17. The van der Waals surface area contributed by atoms with E-state index < -0.39 is 6.04 Å². The Morgan fingerprint density at radius 2 is 1.68 bits per heavy atom. The van der Waals surface area contributed by atoms with Crippen molar-refractivity contribution in [1.29, 1.82) is 0 Å². The molecule has 28 heavy (non-hydrogen) atoms. The minimum atomic E-state index is -0.557. The average molecular weight is 383 g/mol. The highest BCUT2D eigenvalue weighted by Crippen LogP contribution is 2.35. The second kappa shape index (κ2) is 8.65. The molecule has 2 aromatic rings. The lowest BCUT2D eigenvalue weighted by molar-refractivity contribution is -0.119. The molecule has 1 aliphatic rings. The zero-order chi connectivity index (χ0) is 20.1. The number of benzene rings is 2. The molecule has 0 saturated carbocycles. The average Bonchev–Trinajstić information content (AvgIpc) is 3.20. The third-order valence-electron chi connectivity index (χ3n) is 4.88. The minimum absolute atomic E-state index is 0.264. The Morgan fingerprint density at radius 3 is 2.32 bits per heavy atom.